The normalized spacial score (nSPS) is 10.4. The van der Waals surface area contributed by atoms with Gasteiger partial charge in [0.25, 0.3) is 0 Å². The Morgan fingerprint density at radius 1 is 0.812 bits per heavy atom. The highest BCUT2D eigenvalue weighted by molar-refractivity contribution is 7.99. The number of benzene rings is 2. The van der Waals surface area contributed by atoms with Gasteiger partial charge >= 0.3 is 0 Å². The van der Waals surface area contributed by atoms with Crippen molar-refractivity contribution in [2.75, 3.05) is 0 Å². The number of hydrogen-bond donors (Lipinski definition) is 0. The Balaban J connectivity index is 2.23. The van der Waals surface area contributed by atoms with Crippen LogP contribution in [-0.2, 0) is 0 Å². The molecule has 0 aliphatic heterocycles. The molecule has 2 aromatic carbocycles. The van der Waals surface area contributed by atoms with Crippen LogP contribution in [0.25, 0.3) is 0 Å². The van der Waals surface area contributed by atoms with Gasteiger partial charge in [-0.2, -0.15) is 0 Å². The lowest BCUT2D eigenvalue weighted by Gasteiger charge is -2.04. The van der Waals surface area contributed by atoms with E-state index < -0.39 is 0 Å². The smallest absolute Gasteiger partial charge is 0.0406 e. The molecule has 0 bridgehead atoms. The maximum atomic E-state index is 5.86. The van der Waals surface area contributed by atoms with Crippen molar-refractivity contribution >= 4 is 23.4 Å². The van der Waals surface area contributed by atoms with E-state index >= 15 is 0 Å². The van der Waals surface area contributed by atoms with Crippen LogP contribution in [-0.4, -0.2) is 0 Å². The van der Waals surface area contributed by atoms with Gasteiger partial charge in [-0.1, -0.05) is 29.4 Å². The molecule has 0 unspecified atom stereocenters. The van der Waals surface area contributed by atoms with Crippen molar-refractivity contribution in [1.29, 1.82) is 0 Å². The molecule has 82 valence electrons. The van der Waals surface area contributed by atoms with Crippen molar-refractivity contribution in [2.45, 2.75) is 23.6 Å². The third kappa shape index (κ3) is 3.03. The first-order valence-electron chi connectivity index (χ1n) is 5.15. The maximum Gasteiger partial charge on any atom is 0.0406 e. The second-order valence-corrected chi connectivity index (χ2v) is 5.46. The molecule has 0 atom stereocenters. The molecule has 0 heterocycles. The summed E-state index contributed by atoms with van der Waals surface area (Å²) in [5.74, 6) is 0. The summed E-state index contributed by atoms with van der Waals surface area (Å²) in [5, 5.41) is 0.782. The molecule has 0 nitrogen and oxygen atoms in total. The Morgan fingerprint density at radius 2 is 1.38 bits per heavy atom. The van der Waals surface area contributed by atoms with E-state index in [1.807, 2.05) is 24.3 Å². The maximum absolute atomic E-state index is 5.86. The molecule has 0 aliphatic carbocycles. The molecule has 0 N–H and O–H groups in total. The summed E-state index contributed by atoms with van der Waals surface area (Å²) in [6, 6.07) is 14.5. The Bertz CT molecular complexity index is 468. The zero-order valence-corrected chi connectivity index (χ0v) is 10.9. The fourth-order valence-electron chi connectivity index (χ4n) is 1.63. The van der Waals surface area contributed by atoms with Gasteiger partial charge in [0.2, 0.25) is 0 Å². The Hall–Kier alpha value is -0.920. The largest absolute Gasteiger partial charge is 0.0901 e. The molecular formula is C14H13ClS. The van der Waals surface area contributed by atoms with E-state index in [1.165, 1.54) is 20.9 Å². The van der Waals surface area contributed by atoms with Crippen molar-refractivity contribution in [3.63, 3.8) is 0 Å². The second kappa shape index (κ2) is 4.94. The summed E-state index contributed by atoms with van der Waals surface area (Å²) in [4.78, 5) is 2.49. The van der Waals surface area contributed by atoms with Crippen LogP contribution >= 0.6 is 23.4 Å². The summed E-state index contributed by atoms with van der Waals surface area (Å²) in [6.07, 6.45) is 0. The molecule has 0 saturated carbocycles. The van der Waals surface area contributed by atoms with Crippen molar-refractivity contribution in [3.05, 3.63) is 58.6 Å². The van der Waals surface area contributed by atoms with Crippen molar-refractivity contribution in [3.8, 4) is 0 Å². The highest BCUT2D eigenvalue weighted by atomic mass is 35.5. The van der Waals surface area contributed by atoms with E-state index in [9.17, 15) is 0 Å². The van der Waals surface area contributed by atoms with Crippen LogP contribution in [0.4, 0.5) is 0 Å². The monoisotopic (exact) mass is 248 g/mol. The third-order valence-corrected chi connectivity index (χ3v) is 3.48. The number of hydrogen-bond acceptors (Lipinski definition) is 1. The van der Waals surface area contributed by atoms with Gasteiger partial charge in [-0.05, 0) is 61.4 Å². The topological polar surface area (TPSA) is 0 Å². The van der Waals surface area contributed by atoms with E-state index in [0.29, 0.717) is 0 Å². The van der Waals surface area contributed by atoms with Gasteiger partial charge in [-0.15, -0.1) is 0 Å². The first-order valence-corrected chi connectivity index (χ1v) is 6.35. The first kappa shape index (κ1) is 11.6. The Kier molecular flexibility index (Phi) is 3.57. The highest BCUT2D eigenvalue weighted by Crippen LogP contribution is 2.29. The zero-order valence-electron chi connectivity index (χ0n) is 9.33. The second-order valence-electron chi connectivity index (χ2n) is 3.88. The van der Waals surface area contributed by atoms with Gasteiger partial charge in [0.15, 0.2) is 0 Å². The van der Waals surface area contributed by atoms with E-state index in [4.69, 9.17) is 11.6 Å². The summed E-state index contributed by atoms with van der Waals surface area (Å²) in [5.41, 5.74) is 2.60. The first-order chi connectivity index (χ1) is 7.63. The summed E-state index contributed by atoms with van der Waals surface area (Å²) in [6.45, 7) is 4.25. The third-order valence-electron chi connectivity index (χ3n) is 2.24. The van der Waals surface area contributed by atoms with E-state index in [-0.39, 0.29) is 0 Å². The molecule has 0 aromatic heterocycles. The van der Waals surface area contributed by atoms with Gasteiger partial charge in [-0.3, -0.25) is 0 Å². The molecule has 0 fully saturated rings. The molecule has 2 rings (SSSR count). The molecule has 0 spiro atoms. The Labute approximate surface area is 106 Å². The summed E-state index contributed by atoms with van der Waals surface area (Å²) < 4.78 is 0. The van der Waals surface area contributed by atoms with Crippen LogP contribution < -0.4 is 0 Å². The van der Waals surface area contributed by atoms with E-state index in [2.05, 4.69) is 32.0 Å². The van der Waals surface area contributed by atoms with Crippen LogP contribution in [0.2, 0.25) is 5.02 Å². The predicted octanol–water partition coefficient (Wildman–Crippen LogP) is 5.11. The lowest BCUT2D eigenvalue weighted by atomic mass is 10.2. The van der Waals surface area contributed by atoms with Crippen molar-refractivity contribution in [2.24, 2.45) is 0 Å². The standard InChI is InChI=1S/C14H13ClS/c1-10-7-11(2)9-14(8-10)16-13-5-3-12(15)4-6-13/h3-9H,1-2H3. The minimum atomic E-state index is 0.782. The van der Waals surface area contributed by atoms with Gasteiger partial charge in [0, 0.05) is 14.8 Å². The van der Waals surface area contributed by atoms with Crippen LogP contribution in [0.3, 0.4) is 0 Å². The summed E-state index contributed by atoms with van der Waals surface area (Å²) in [7, 11) is 0. The molecule has 16 heavy (non-hydrogen) atoms. The number of halogens is 1. The van der Waals surface area contributed by atoms with Crippen LogP contribution in [0.1, 0.15) is 11.1 Å². The fraction of sp³-hybridized carbons (Fsp3) is 0.143. The molecule has 0 aliphatic rings. The number of aryl methyl sites for hydroxylation is 2. The minimum absolute atomic E-state index is 0.782. The lowest BCUT2D eigenvalue weighted by Crippen LogP contribution is -1.79. The molecule has 2 heteroatoms. The summed E-state index contributed by atoms with van der Waals surface area (Å²) >= 11 is 7.62. The average molecular weight is 249 g/mol. The molecule has 2 aromatic rings. The SMILES string of the molecule is Cc1cc(C)cc(Sc2ccc(Cl)cc2)c1. The minimum Gasteiger partial charge on any atom is -0.0901 e. The molecular weight excluding hydrogens is 236 g/mol. The molecule has 0 amide bonds. The van der Waals surface area contributed by atoms with Crippen molar-refractivity contribution < 1.29 is 0 Å². The van der Waals surface area contributed by atoms with Crippen LogP contribution in [0.15, 0.2) is 52.3 Å². The van der Waals surface area contributed by atoms with Gasteiger partial charge < -0.3 is 0 Å². The number of rotatable bonds is 2. The predicted molar refractivity (Wildman–Crippen MR) is 71.5 cm³/mol. The van der Waals surface area contributed by atoms with E-state index in [1.54, 1.807) is 11.8 Å². The van der Waals surface area contributed by atoms with Gasteiger partial charge in [0.05, 0.1) is 0 Å². The quantitative estimate of drug-likeness (QED) is 0.712. The fourth-order valence-corrected chi connectivity index (χ4v) is 2.79. The van der Waals surface area contributed by atoms with Gasteiger partial charge in [-0.25, -0.2) is 0 Å². The lowest BCUT2D eigenvalue weighted by molar-refractivity contribution is 1.29. The average Bonchev–Trinajstić information content (AvgIpc) is 2.20. The van der Waals surface area contributed by atoms with Crippen molar-refractivity contribution in [1.82, 2.24) is 0 Å². The molecule has 0 radical (unpaired) electrons. The van der Waals surface area contributed by atoms with E-state index in [0.717, 1.165) is 5.02 Å². The molecule has 0 saturated heterocycles. The zero-order chi connectivity index (χ0) is 11.5. The highest BCUT2D eigenvalue weighted by Gasteiger charge is 1.99. The van der Waals surface area contributed by atoms with Gasteiger partial charge in [0.1, 0.15) is 0 Å². The van der Waals surface area contributed by atoms with Crippen LogP contribution in [0, 0.1) is 13.8 Å². The Morgan fingerprint density at radius 3 is 1.94 bits per heavy atom. The van der Waals surface area contributed by atoms with Crippen LogP contribution in [0.5, 0.6) is 0 Å².